The number of carbonyl (C=O) groups is 1. The van der Waals surface area contributed by atoms with Gasteiger partial charge in [0.15, 0.2) is 5.69 Å². The van der Waals surface area contributed by atoms with Gasteiger partial charge < -0.3 is 10.5 Å². The molecule has 0 radical (unpaired) electrons. The van der Waals surface area contributed by atoms with Crippen LogP contribution in [0.5, 0.6) is 0 Å². The molecule has 0 bridgehead atoms. The Morgan fingerprint density at radius 2 is 2.32 bits per heavy atom. The van der Waals surface area contributed by atoms with Gasteiger partial charge in [0.2, 0.25) is 0 Å². The maximum Gasteiger partial charge on any atom is 0.357 e. The van der Waals surface area contributed by atoms with E-state index in [1.165, 1.54) is 24.2 Å². The highest BCUT2D eigenvalue weighted by Gasteiger charge is 2.14. The van der Waals surface area contributed by atoms with Crippen molar-refractivity contribution < 1.29 is 9.53 Å². The third kappa shape index (κ3) is 5.70. The van der Waals surface area contributed by atoms with Crippen LogP contribution in [0, 0.1) is 5.92 Å². The average molecular weight is 284 g/mol. The summed E-state index contributed by atoms with van der Waals surface area (Å²) in [5.41, 5.74) is 5.87. The molecule has 0 aromatic carbocycles. The summed E-state index contributed by atoms with van der Waals surface area (Å²) in [6, 6.07) is 0. The van der Waals surface area contributed by atoms with Crippen LogP contribution in [0.15, 0.2) is 5.38 Å². The molecule has 0 aliphatic carbocycles. The molecule has 0 saturated heterocycles. The summed E-state index contributed by atoms with van der Waals surface area (Å²) in [7, 11) is 0. The molecule has 0 aliphatic heterocycles. The Balaban J connectivity index is 2.40. The molecule has 0 aliphatic rings. The summed E-state index contributed by atoms with van der Waals surface area (Å²) in [6.07, 6.45) is 5.25. The molecule has 1 rings (SSSR count). The molecular formula is C14H24N2O2S. The molecule has 1 atom stereocenters. The monoisotopic (exact) mass is 284 g/mol. The van der Waals surface area contributed by atoms with E-state index in [4.69, 9.17) is 10.5 Å². The molecule has 108 valence electrons. The van der Waals surface area contributed by atoms with Crippen molar-refractivity contribution in [3.63, 3.8) is 0 Å². The molecule has 2 N–H and O–H groups in total. The van der Waals surface area contributed by atoms with E-state index in [9.17, 15) is 4.79 Å². The van der Waals surface area contributed by atoms with E-state index in [-0.39, 0.29) is 5.97 Å². The van der Waals surface area contributed by atoms with E-state index in [2.05, 4.69) is 18.8 Å². The van der Waals surface area contributed by atoms with Crippen molar-refractivity contribution >= 4 is 17.3 Å². The molecule has 4 nitrogen and oxygen atoms in total. The molecule has 0 spiro atoms. The lowest BCUT2D eigenvalue weighted by molar-refractivity contribution is 0.0422. The number of nitrogens with zero attached hydrogens (tertiary/aromatic N) is 1. The minimum absolute atomic E-state index is 0.311. The van der Waals surface area contributed by atoms with Crippen molar-refractivity contribution in [2.24, 2.45) is 11.7 Å². The Kier molecular flexibility index (Phi) is 7.67. The number of rotatable bonds is 9. The smallest absolute Gasteiger partial charge is 0.357 e. The molecule has 5 heteroatoms. The largest absolute Gasteiger partial charge is 0.461 e. The molecule has 0 fully saturated rings. The predicted molar refractivity (Wildman–Crippen MR) is 78.5 cm³/mol. The van der Waals surface area contributed by atoms with E-state index < -0.39 is 0 Å². The van der Waals surface area contributed by atoms with Crippen LogP contribution in [-0.4, -0.2) is 24.1 Å². The minimum Gasteiger partial charge on any atom is -0.461 e. The summed E-state index contributed by atoms with van der Waals surface area (Å²) in [4.78, 5) is 16.1. The van der Waals surface area contributed by atoms with E-state index in [1.807, 2.05) is 0 Å². The van der Waals surface area contributed by atoms with Crippen molar-refractivity contribution in [2.45, 2.75) is 46.0 Å². The highest BCUT2D eigenvalue weighted by atomic mass is 32.1. The Hall–Kier alpha value is -0.940. The second-order valence-electron chi connectivity index (χ2n) is 4.68. The SMILES string of the molecule is CCCCC(CC)COC(=O)c1csc(CCN)n1. The second kappa shape index (κ2) is 9.04. The van der Waals surface area contributed by atoms with Gasteiger partial charge in [-0.2, -0.15) is 0 Å². The van der Waals surface area contributed by atoms with Gasteiger partial charge in [-0.3, -0.25) is 0 Å². The van der Waals surface area contributed by atoms with Gasteiger partial charge >= 0.3 is 5.97 Å². The lowest BCUT2D eigenvalue weighted by Gasteiger charge is -2.13. The van der Waals surface area contributed by atoms with E-state index in [1.54, 1.807) is 5.38 Å². The van der Waals surface area contributed by atoms with Crippen LogP contribution in [0.25, 0.3) is 0 Å². The first kappa shape index (κ1) is 16.1. The summed E-state index contributed by atoms with van der Waals surface area (Å²) in [5, 5.41) is 2.65. The lowest BCUT2D eigenvalue weighted by atomic mass is 10.0. The van der Waals surface area contributed by atoms with Crippen LogP contribution in [0.3, 0.4) is 0 Å². The summed E-state index contributed by atoms with van der Waals surface area (Å²) in [6.45, 7) is 5.36. The number of hydrogen-bond acceptors (Lipinski definition) is 5. The number of hydrogen-bond donors (Lipinski definition) is 1. The van der Waals surface area contributed by atoms with Gasteiger partial charge in [0.1, 0.15) is 0 Å². The number of aromatic nitrogens is 1. The van der Waals surface area contributed by atoms with Gasteiger partial charge in [0.05, 0.1) is 11.6 Å². The van der Waals surface area contributed by atoms with Crippen LogP contribution in [0.1, 0.15) is 55.0 Å². The summed E-state index contributed by atoms with van der Waals surface area (Å²) in [5.74, 6) is 0.153. The number of ether oxygens (including phenoxy) is 1. The number of carbonyl (C=O) groups excluding carboxylic acids is 1. The van der Waals surface area contributed by atoms with Gasteiger partial charge in [0, 0.05) is 11.8 Å². The maximum absolute atomic E-state index is 11.8. The minimum atomic E-state index is -0.311. The molecule has 0 saturated carbocycles. The van der Waals surface area contributed by atoms with Gasteiger partial charge in [-0.05, 0) is 18.9 Å². The van der Waals surface area contributed by atoms with E-state index >= 15 is 0 Å². The van der Waals surface area contributed by atoms with Crippen molar-refractivity contribution in [3.05, 3.63) is 16.1 Å². The first-order valence-corrected chi connectivity index (χ1v) is 7.90. The van der Waals surface area contributed by atoms with Gasteiger partial charge in [-0.15, -0.1) is 11.3 Å². The Morgan fingerprint density at radius 1 is 1.53 bits per heavy atom. The number of esters is 1. The van der Waals surface area contributed by atoms with E-state index in [0.717, 1.165) is 17.8 Å². The predicted octanol–water partition coefficient (Wildman–Crippen LogP) is 3.02. The van der Waals surface area contributed by atoms with Gasteiger partial charge in [-0.25, -0.2) is 9.78 Å². The molecule has 1 aromatic heterocycles. The number of unbranched alkanes of at least 4 members (excludes halogenated alkanes) is 1. The Morgan fingerprint density at radius 3 is 2.95 bits per heavy atom. The average Bonchev–Trinajstić information content (AvgIpc) is 2.88. The zero-order valence-corrected chi connectivity index (χ0v) is 12.7. The van der Waals surface area contributed by atoms with E-state index in [0.29, 0.717) is 31.2 Å². The molecule has 1 heterocycles. The molecular weight excluding hydrogens is 260 g/mol. The molecule has 1 unspecified atom stereocenters. The third-order valence-electron chi connectivity index (χ3n) is 3.11. The fourth-order valence-corrected chi connectivity index (χ4v) is 2.59. The zero-order valence-electron chi connectivity index (χ0n) is 11.9. The van der Waals surface area contributed by atoms with Crippen LogP contribution in [0.4, 0.5) is 0 Å². The quantitative estimate of drug-likeness (QED) is 0.708. The second-order valence-corrected chi connectivity index (χ2v) is 5.62. The molecule has 0 amide bonds. The fourth-order valence-electron chi connectivity index (χ4n) is 1.81. The standard InChI is InChI=1S/C14H24N2O2S/c1-3-5-6-11(4-2)9-18-14(17)12-10-19-13(16-12)7-8-15/h10-11H,3-9,15H2,1-2H3. The van der Waals surface area contributed by atoms with Gasteiger partial charge in [0.25, 0.3) is 0 Å². The topological polar surface area (TPSA) is 65.2 Å². The molecule has 1 aromatic rings. The van der Waals surface area contributed by atoms with Crippen LogP contribution < -0.4 is 5.73 Å². The lowest BCUT2D eigenvalue weighted by Crippen LogP contribution is -2.14. The van der Waals surface area contributed by atoms with Crippen LogP contribution >= 0.6 is 11.3 Å². The maximum atomic E-state index is 11.8. The summed E-state index contributed by atoms with van der Waals surface area (Å²) >= 11 is 1.46. The number of thiazole rings is 1. The zero-order chi connectivity index (χ0) is 14.1. The highest BCUT2D eigenvalue weighted by molar-refractivity contribution is 7.09. The number of nitrogens with two attached hydrogens (primary N) is 1. The van der Waals surface area contributed by atoms with Crippen molar-refractivity contribution in [2.75, 3.05) is 13.2 Å². The van der Waals surface area contributed by atoms with Crippen molar-refractivity contribution in [1.82, 2.24) is 4.98 Å². The van der Waals surface area contributed by atoms with Crippen molar-refractivity contribution in [1.29, 1.82) is 0 Å². The van der Waals surface area contributed by atoms with Crippen molar-refractivity contribution in [3.8, 4) is 0 Å². The Labute approximate surface area is 119 Å². The molecule has 19 heavy (non-hydrogen) atoms. The fraction of sp³-hybridized carbons (Fsp3) is 0.714. The van der Waals surface area contributed by atoms with Crippen LogP contribution in [-0.2, 0) is 11.2 Å². The van der Waals surface area contributed by atoms with Crippen LogP contribution in [0.2, 0.25) is 0 Å². The first-order valence-electron chi connectivity index (χ1n) is 7.02. The highest BCUT2D eigenvalue weighted by Crippen LogP contribution is 2.15. The third-order valence-corrected chi connectivity index (χ3v) is 4.02. The Bertz CT molecular complexity index is 379. The summed E-state index contributed by atoms with van der Waals surface area (Å²) < 4.78 is 5.34. The first-order chi connectivity index (χ1) is 9.21. The normalized spacial score (nSPS) is 12.4. The van der Waals surface area contributed by atoms with Gasteiger partial charge in [-0.1, -0.05) is 33.1 Å².